The maximum Gasteiger partial charge on any atom is 0.196 e. The first-order valence-electron chi connectivity index (χ1n) is 5.99. The van der Waals surface area contributed by atoms with Gasteiger partial charge in [0.25, 0.3) is 0 Å². The quantitative estimate of drug-likeness (QED) is 0.663. The SMILES string of the molecule is O=C(c1ccc(F)cc1F)c1cccc2cnccc12. The fourth-order valence-corrected chi connectivity index (χ4v) is 2.14. The minimum atomic E-state index is -0.860. The molecule has 3 rings (SSSR count). The Morgan fingerprint density at radius 3 is 2.65 bits per heavy atom. The van der Waals surface area contributed by atoms with Crippen LogP contribution in [-0.4, -0.2) is 10.8 Å². The molecule has 0 radical (unpaired) electrons. The van der Waals surface area contributed by atoms with E-state index < -0.39 is 17.4 Å². The highest BCUT2D eigenvalue weighted by Gasteiger charge is 2.16. The van der Waals surface area contributed by atoms with Gasteiger partial charge in [0.15, 0.2) is 5.78 Å². The molecule has 0 aliphatic heterocycles. The Bertz CT molecular complexity index is 809. The normalized spacial score (nSPS) is 10.7. The number of rotatable bonds is 2. The Morgan fingerprint density at radius 1 is 1.00 bits per heavy atom. The fraction of sp³-hybridized carbons (Fsp3) is 0. The number of carbonyl (C=O) groups is 1. The molecule has 0 amide bonds. The highest BCUT2D eigenvalue weighted by Crippen LogP contribution is 2.22. The first-order chi connectivity index (χ1) is 9.66. The van der Waals surface area contributed by atoms with Crippen molar-refractivity contribution in [2.75, 3.05) is 0 Å². The van der Waals surface area contributed by atoms with Crippen molar-refractivity contribution in [1.82, 2.24) is 4.98 Å². The van der Waals surface area contributed by atoms with Crippen molar-refractivity contribution in [2.24, 2.45) is 0 Å². The van der Waals surface area contributed by atoms with Crippen LogP contribution < -0.4 is 0 Å². The molecule has 4 heteroatoms. The number of ketones is 1. The monoisotopic (exact) mass is 269 g/mol. The largest absolute Gasteiger partial charge is 0.288 e. The van der Waals surface area contributed by atoms with Crippen LogP contribution in [0.3, 0.4) is 0 Å². The van der Waals surface area contributed by atoms with E-state index in [9.17, 15) is 13.6 Å². The van der Waals surface area contributed by atoms with Crippen LogP contribution in [0, 0.1) is 11.6 Å². The topological polar surface area (TPSA) is 30.0 Å². The molecule has 0 N–H and O–H groups in total. The molecule has 1 aromatic heterocycles. The number of carbonyl (C=O) groups excluding carboxylic acids is 1. The molecule has 0 bridgehead atoms. The molecule has 0 spiro atoms. The van der Waals surface area contributed by atoms with Crippen LogP contribution in [0.1, 0.15) is 15.9 Å². The summed E-state index contributed by atoms with van der Waals surface area (Å²) in [5.41, 5.74) is 0.228. The number of fused-ring (bicyclic) bond motifs is 1. The van der Waals surface area contributed by atoms with Gasteiger partial charge in [-0.25, -0.2) is 8.78 Å². The first kappa shape index (κ1) is 12.4. The van der Waals surface area contributed by atoms with Crippen LogP contribution in [-0.2, 0) is 0 Å². The molecule has 0 atom stereocenters. The van der Waals surface area contributed by atoms with E-state index >= 15 is 0 Å². The van der Waals surface area contributed by atoms with Crippen molar-refractivity contribution in [3.8, 4) is 0 Å². The average Bonchev–Trinajstić information content (AvgIpc) is 2.46. The van der Waals surface area contributed by atoms with Gasteiger partial charge in [-0.3, -0.25) is 9.78 Å². The summed E-state index contributed by atoms with van der Waals surface area (Å²) in [4.78, 5) is 16.4. The van der Waals surface area contributed by atoms with Gasteiger partial charge in [-0.15, -0.1) is 0 Å². The van der Waals surface area contributed by atoms with Crippen molar-refractivity contribution >= 4 is 16.6 Å². The maximum absolute atomic E-state index is 13.7. The molecule has 0 unspecified atom stereocenters. The van der Waals surface area contributed by atoms with E-state index in [0.29, 0.717) is 17.0 Å². The van der Waals surface area contributed by atoms with Crippen molar-refractivity contribution in [3.05, 3.63) is 77.6 Å². The van der Waals surface area contributed by atoms with Gasteiger partial charge in [0.2, 0.25) is 0 Å². The fourth-order valence-electron chi connectivity index (χ4n) is 2.14. The minimum absolute atomic E-state index is 0.143. The molecule has 98 valence electrons. The van der Waals surface area contributed by atoms with Gasteiger partial charge in [0.05, 0.1) is 5.56 Å². The summed E-state index contributed by atoms with van der Waals surface area (Å²) in [5.74, 6) is -2.04. The molecular formula is C16H9F2NO. The van der Waals surface area contributed by atoms with Gasteiger partial charge in [0, 0.05) is 29.4 Å². The minimum Gasteiger partial charge on any atom is -0.288 e. The summed E-state index contributed by atoms with van der Waals surface area (Å²) in [7, 11) is 0. The molecular weight excluding hydrogens is 260 g/mol. The molecule has 0 fully saturated rings. The summed E-state index contributed by atoms with van der Waals surface area (Å²) >= 11 is 0. The number of halogens is 2. The molecule has 3 aromatic rings. The van der Waals surface area contributed by atoms with E-state index in [4.69, 9.17) is 0 Å². The van der Waals surface area contributed by atoms with Crippen molar-refractivity contribution in [3.63, 3.8) is 0 Å². The van der Waals surface area contributed by atoms with Gasteiger partial charge in [0.1, 0.15) is 11.6 Å². The van der Waals surface area contributed by atoms with E-state index in [2.05, 4.69) is 4.98 Å². The second-order valence-electron chi connectivity index (χ2n) is 4.36. The van der Waals surface area contributed by atoms with Gasteiger partial charge in [-0.2, -0.15) is 0 Å². The second kappa shape index (κ2) is 4.81. The van der Waals surface area contributed by atoms with Gasteiger partial charge < -0.3 is 0 Å². The second-order valence-corrected chi connectivity index (χ2v) is 4.36. The lowest BCUT2D eigenvalue weighted by Gasteiger charge is -2.06. The standard InChI is InChI=1S/C16H9F2NO/c17-11-4-5-14(15(18)8-11)16(20)13-3-1-2-10-9-19-7-6-12(10)13/h1-9H. The summed E-state index contributed by atoms with van der Waals surface area (Å²) in [5, 5.41) is 1.48. The van der Waals surface area contributed by atoms with Gasteiger partial charge >= 0.3 is 0 Å². The van der Waals surface area contributed by atoms with E-state index in [1.54, 1.807) is 30.6 Å². The van der Waals surface area contributed by atoms with Crippen molar-refractivity contribution in [1.29, 1.82) is 0 Å². The lowest BCUT2D eigenvalue weighted by atomic mass is 9.98. The zero-order valence-electron chi connectivity index (χ0n) is 10.3. The van der Waals surface area contributed by atoms with Crippen molar-refractivity contribution in [2.45, 2.75) is 0 Å². The number of aromatic nitrogens is 1. The van der Waals surface area contributed by atoms with Gasteiger partial charge in [-0.1, -0.05) is 18.2 Å². The Labute approximate surface area is 113 Å². The average molecular weight is 269 g/mol. The molecule has 0 saturated carbocycles. The predicted octanol–water partition coefficient (Wildman–Crippen LogP) is 3.74. The smallest absolute Gasteiger partial charge is 0.196 e. The zero-order chi connectivity index (χ0) is 14.1. The Kier molecular flexibility index (Phi) is 2.99. The predicted molar refractivity (Wildman–Crippen MR) is 71.5 cm³/mol. The summed E-state index contributed by atoms with van der Waals surface area (Å²) in [6, 6.07) is 9.78. The molecule has 0 aliphatic carbocycles. The highest BCUT2D eigenvalue weighted by molar-refractivity contribution is 6.16. The lowest BCUT2D eigenvalue weighted by Crippen LogP contribution is -2.05. The summed E-state index contributed by atoms with van der Waals surface area (Å²) < 4.78 is 26.6. The molecule has 0 saturated heterocycles. The van der Waals surface area contributed by atoms with Crippen LogP contribution in [0.15, 0.2) is 54.9 Å². The van der Waals surface area contributed by atoms with E-state index in [-0.39, 0.29) is 5.56 Å². The molecule has 2 nitrogen and oxygen atoms in total. The van der Waals surface area contributed by atoms with E-state index in [1.165, 1.54) is 0 Å². The van der Waals surface area contributed by atoms with Crippen LogP contribution in [0.4, 0.5) is 8.78 Å². The van der Waals surface area contributed by atoms with Crippen molar-refractivity contribution < 1.29 is 13.6 Å². The Morgan fingerprint density at radius 2 is 1.85 bits per heavy atom. The summed E-state index contributed by atoms with van der Waals surface area (Å²) in [6.45, 7) is 0. The number of pyridine rings is 1. The molecule has 20 heavy (non-hydrogen) atoms. The summed E-state index contributed by atoms with van der Waals surface area (Å²) in [6.07, 6.45) is 3.20. The maximum atomic E-state index is 13.7. The van der Waals surface area contributed by atoms with Crippen LogP contribution in [0.5, 0.6) is 0 Å². The van der Waals surface area contributed by atoms with E-state index in [1.807, 2.05) is 6.07 Å². The first-order valence-corrected chi connectivity index (χ1v) is 5.99. The molecule has 1 heterocycles. The number of nitrogens with zero attached hydrogens (tertiary/aromatic N) is 1. The van der Waals surface area contributed by atoms with E-state index in [0.717, 1.165) is 17.5 Å². The molecule has 2 aromatic carbocycles. The lowest BCUT2D eigenvalue weighted by molar-refractivity contribution is 0.103. The Hall–Kier alpha value is -2.62. The third-order valence-electron chi connectivity index (χ3n) is 3.10. The molecule has 0 aliphatic rings. The zero-order valence-corrected chi connectivity index (χ0v) is 10.3. The van der Waals surface area contributed by atoms with Crippen LogP contribution >= 0.6 is 0 Å². The van der Waals surface area contributed by atoms with Crippen LogP contribution in [0.25, 0.3) is 10.8 Å². The number of hydrogen-bond donors (Lipinski definition) is 0. The number of benzene rings is 2. The third-order valence-corrected chi connectivity index (χ3v) is 3.10. The van der Waals surface area contributed by atoms with Crippen LogP contribution in [0.2, 0.25) is 0 Å². The highest BCUT2D eigenvalue weighted by atomic mass is 19.1. The van der Waals surface area contributed by atoms with Gasteiger partial charge in [-0.05, 0) is 23.6 Å². The third kappa shape index (κ3) is 2.05. The number of hydrogen-bond acceptors (Lipinski definition) is 2. The Balaban J connectivity index is 2.18.